The number of nitrogens with one attached hydrogen (secondary N) is 1. The molecule has 18 heavy (non-hydrogen) atoms. The number of anilines is 2. The molecule has 0 aliphatic heterocycles. The molecule has 0 aliphatic carbocycles. The second-order valence-electron chi connectivity index (χ2n) is 3.69. The van der Waals surface area contributed by atoms with Crippen molar-refractivity contribution in [2.75, 3.05) is 5.32 Å². The van der Waals surface area contributed by atoms with Gasteiger partial charge < -0.3 is 5.32 Å². The first-order valence-corrected chi connectivity index (χ1v) is 7.35. The van der Waals surface area contributed by atoms with Gasteiger partial charge >= 0.3 is 0 Å². The number of hydrogen-bond acceptors (Lipinski definition) is 2. The Morgan fingerprint density at radius 3 is 2.50 bits per heavy atom. The molecule has 0 amide bonds. The maximum Gasteiger partial charge on any atom is 0.149 e. The molecule has 1 aromatic heterocycles. The van der Waals surface area contributed by atoms with Crippen molar-refractivity contribution >= 4 is 66.6 Å². The van der Waals surface area contributed by atoms with Gasteiger partial charge in [-0.15, -0.1) is 0 Å². The van der Waals surface area contributed by atoms with E-state index in [1.165, 1.54) is 0 Å². The molecule has 0 saturated heterocycles. The molecule has 1 aromatic carbocycles. The predicted molar refractivity (Wildman–Crippen MR) is 84.1 cm³/mol. The van der Waals surface area contributed by atoms with Gasteiger partial charge in [0.25, 0.3) is 0 Å². The molecular formula is C12H8Br2Cl2N2. The Balaban J connectivity index is 2.37. The summed E-state index contributed by atoms with van der Waals surface area (Å²) < 4.78 is 1.74. The number of aromatic nitrogens is 1. The van der Waals surface area contributed by atoms with Crippen LogP contribution in [0.15, 0.2) is 33.3 Å². The minimum absolute atomic E-state index is 0.535. The second kappa shape index (κ2) is 5.78. The van der Waals surface area contributed by atoms with Gasteiger partial charge in [0.15, 0.2) is 0 Å². The summed E-state index contributed by atoms with van der Waals surface area (Å²) in [4.78, 5) is 4.21. The average Bonchev–Trinajstić information content (AvgIpc) is 2.29. The molecule has 6 heteroatoms. The largest absolute Gasteiger partial charge is 0.338 e. The standard InChI is InChI=1S/C12H8Br2Cl2N2/c1-6-2-8(14)11(4-9(6)15)18-12-10(16)3-7(13)5-17-12/h2-5H,1H3,(H,17,18). The van der Waals surface area contributed by atoms with Gasteiger partial charge in [-0.1, -0.05) is 23.2 Å². The van der Waals surface area contributed by atoms with E-state index >= 15 is 0 Å². The molecule has 0 saturated carbocycles. The lowest BCUT2D eigenvalue weighted by atomic mass is 10.2. The van der Waals surface area contributed by atoms with Crippen LogP contribution in [-0.2, 0) is 0 Å². The van der Waals surface area contributed by atoms with E-state index in [1.807, 2.05) is 19.1 Å². The van der Waals surface area contributed by atoms with Crippen molar-refractivity contribution in [1.29, 1.82) is 0 Å². The summed E-state index contributed by atoms with van der Waals surface area (Å²) in [6.45, 7) is 1.95. The Bertz CT molecular complexity index is 603. The molecule has 0 aliphatic rings. The van der Waals surface area contributed by atoms with Gasteiger partial charge in [0.2, 0.25) is 0 Å². The normalized spacial score (nSPS) is 10.5. The highest BCUT2D eigenvalue weighted by Gasteiger charge is 2.08. The van der Waals surface area contributed by atoms with Crippen molar-refractivity contribution in [1.82, 2.24) is 4.98 Å². The lowest BCUT2D eigenvalue weighted by Crippen LogP contribution is -1.96. The summed E-state index contributed by atoms with van der Waals surface area (Å²) in [6, 6.07) is 5.55. The number of benzene rings is 1. The van der Waals surface area contributed by atoms with Gasteiger partial charge in [0.1, 0.15) is 5.82 Å². The fourth-order valence-electron chi connectivity index (χ4n) is 1.38. The minimum atomic E-state index is 0.535. The monoisotopic (exact) mass is 408 g/mol. The maximum atomic E-state index is 6.10. The molecule has 0 atom stereocenters. The molecule has 0 unspecified atom stereocenters. The van der Waals surface area contributed by atoms with Crippen LogP contribution in [0.3, 0.4) is 0 Å². The van der Waals surface area contributed by atoms with E-state index in [0.29, 0.717) is 15.9 Å². The van der Waals surface area contributed by atoms with Crippen molar-refractivity contribution in [2.45, 2.75) is 6.92 Å². The number of halogens is 4. The van der Waals surface area contributed by atoms with Gasteiger partial charge in [-0.25, -0.2) is 4.98 Å². The zero-order valence-corrected chi connectivity index (χ0v) is 14.0. The smallest absolute Gasteiger partial charge is 0.149 e. The maximum absolute atomic E-state index is 6.10. The lowest BCUT2D eigenvalue weighted by Gasteiger charge is -2.11. The first-order valence-electron chi connectivity index (χ1n) is 5.01. The quantitative estimate of drug-likeness (QED) is 0.660. The van der Waals surface area contributed by atoms with Crippen LogP contribution in [0, 0.1) is 6.92 Å². The lowest BCUT2D eigenvalue weighted by molar-refractivity contribution is 1.29. The van der Waals surface area contributed by atoms with Crippen LogP contribution >= 0.6 is 55.1 Å². The Hall–Kier alpha value is -0.290. The van der Waals surface area contributed by atoms with Crippen molar-refractivity contribution in [3.63, 3.8) is 0 Å². The molecule has 0 radical (unpaired) electrons. The predicted octanol–water partition coefficient (Wildman–Crippen LogP) is 5.97. The third-order valence-corrected chi connectivity index (χ3v) is 4.09. The van der Waals surface area contributed by atoms with E-state index in [9.17, 15) is 0 Å². The molecule has 94 valence electrons. The number of rotatable bonds is 2. The third-order valence-electron chi connectivity index (χ3n) is 2.31. The molecule has 2 aromatic rings. The Labute approximate surface area is 132 Å². The fourth-order valence-corrected chi connectivity index (χ4v) is 2.77. The number of nitrogens with zero attached hydrogens (tertiary/aromatic N) is 1. The van der Waals surface area contributed by atoms with Gasteiger partial charge in [-0.2, -0.15) is 0 Å². The zero-order chi connectivity index (χ0) is 13.3. The summed E-state index contributed by atoms with van der Waals surface area (Å²) in [7, 11) is 0. The molecule has 0 bridgehead atoms. The molecule has 0 fully saturated rings. The molecule has 2 rings (SSSR count). The van der Waals surface area contributed by atoms with Gasteiger partial charge in [0.05, 0.1) is 10.7 Å². The zero-order valence-electron chi connectivity index (χ0n) is 9.27. The number of aryl methyl sites for hydroxylation is 1. The van der Waals surface area contributed by atoms with Crippen molar-refractivity contribution in [3.05, 3.63) is 49.0 Å². The van der Waals surface area contributed by atoms with E-state index in [1.54, 1.807) is 12.3 Å². The summed E-state index contributed by atoms with van der Waals surface area (Å²) in [5.74, 6) is 0.584. The van der Waals surface area contributed by atoms with Crippen LogP contribution < -0.4 is 5.32 Å². The van der Waals surface area contributed by atoms with Crippen LogP contribution in [0.4, 0.5) is 11.5 Å². The highest BCUT2D eigenvalue weighted by atomic mass is 79.9. The Morgan fingerprint density at radius 2 is 1.83 bits per heavy atom. The Morgan fingerprint density at radius 1 is 1.11 bits per heavy atom. The number of pyridine rings is 1. The van der Waals surface area contributed by atoms with E-state index in [2.05, 4.69) is 42.2 Å². The summed E-state index contributed by atoms with van der Waals surface area (Å²) >= 11 is 19.0. The van der Waals surface area contributed by atoms with Gasteiger partial charge in [-0.05, 0) is 62.5 Å². The van der Waals surface area contributed by atoms with Crippen LogP contribution in [-0.4, -0.2) is 4.98 Å². The van der Waals surface area contributed by atoms with Crippen LogP contribution in [0.1, 0.15) is 5.56 Å². The van der Waals surface area contributed by atoms with Crippen LogP contribution in [0.2, 0.25) is 10.0 Å². The summed E-state index contributed by atoms with van der Waals surface area (Å²) in [5.41, 5.74) is 1.83. The molecule has 1 N–H and O–H groups in total. The first kappa shape index (κ1) is 14.1. The molecule has 2 nitrogen and oxygen atoms in total. The van der Waals surface area contributed by atoms with E-state index in [4.69, 9.17) is 23.2 Å². The third kappa shape index (κ3) is 3.18. The van der Waals surface area contributed by atoms with Crippen molar-refractivity contribution in [3.8, 4) is 0 Å². The van der Waals surface area contributed by atoms with Gasteiger partial charge in [-0.3, -0.25) is 0 Å². The van der Waals surface area contributed by atoms with E-state index < -0.39 is 0 Å². The summed E-state index contributed by atoms with van der Waals surface area (Å²) in [5, 5.41) is 4.36. The molecule has 1 heterocycles. The SMILES string of the molecule is Cc1cc(Br)c(Nc2ncc(Br)cc2Cl)cc1Cl. The van der Waals surface area contributed by atoms with E-state index in [0.717, 1.165) is 20.2 Å². The first-order chi connectivity index (χ1) is 8.47. The topological polar surface area (TPSA) is 24.9 Å². The van der Waals surface area contributed by atoms with Crippen LogP contribution in [0.25, 0.3) is 0 Å². The molecule has 0 spiro atoms. The minimum Gasteiger partial charge on any atom is -0.338 e. The highest BCUT2D eigenvalue weighted by Crippen LogP contribution is 2.33. The molecular weight excluding hydrogens is 403 g/mol. The van der Waals surface area contributed by atoms with Crippen molar-refractivity contribution < 1.29 is 0 Å². The average molecular weight is 411 g/mol. The summed E-state index contributed by atoms with van der Waals surface area (Å²) in [6.07, 6.45) is 1.68. The number of hydrogen-bond donors (Lipinski definition) is 1. The van der Waals surface area contributed by atoms with E-state index in [-0.39, 0.29) is 0 Å². The van der Waals surface area contributed by atoms with Crippen LogP contribution in [0.5, 0.6) is 0 Å². The fraction of sp³-hybridized carbons (Fsp3) is 0.0833. The van der Waals surface area contributed by atoms with Gasteiger partial charge in [0, 0.05) is 20.2 Å². The second-order valence-corrected chi connectivity index (χ2v) is 6.27. The van der Waals surface area contributed by atoms with Crippen molar-refractivity contribution in [2.24, 2.45) is 0 Å². The Kier molecular flexibility index (Phi) is 4.54. The highest BCUT2D eigenvalue weighted by molar-refractivity contribution is 9.10.